The lowest BCUT2D eigenvalue weighted by Crippen LogP contribution is -1.99. The van der Waals surface area contributed by atoms with Crippen LogP contribution in [0.2, 0.25) is 0 Å². The first-order chi connectivity index (χ1) is 53.2. The van der Waals surface area contributed by atoms with Gasteiger partial charge in [-0.2, -0.15) is 0 Å². The van der Waals surface area contributed by atoms with Crippen LogP contribution in [0.1, 0.15) is 195 Å². The molecule has 13 rings (SSSR count). The highest BCUT2D eigenvalue weighted by Crippen LogP contribution is 2.42. The molecule has 113 heavy (non-hydrogen) atoms. The number of hydrogen-bond donors (Lipinski definition) is 0. The summed E-state index contributed by atoms with van der Waals surface area (Å²) >= 11 is 0. The number of rotatable bonds is 12. The van der Waals surface area contributed by atoms with E-state index in [0.717, 1.165) is 0 Å². The lowest BCUT2D eigenvalue weighted by Gasteiger charge is -2.17. The molecule has 13 aromatic rings. The molecule has 0 bridgehead atoms. The van der Waals surface area contributed by atoms with E-state index in [0.29, 0.717) is 0 Å². The van der Waals surface area contributed by atoms with Crippen molar-refractivity contribution in [2.24, 2.45) is 0 Å². The minimum Gasteiger partial charge on any atom is -0.0543 e. The Morgan fingerprint density at radius 2 is 0.248 bits per heavy atom. The van der Waals surface area contributed by atoms with Crippen molar-refractivity contribution in [3.63, 3.8) is 0 Å². The normalized spacial score (nSPS) is 11.4. The van der Waals surface area contributed by atoms with E-state index in [1.54, 1.807) is 0 Å². The summed E-state index contributed by atoms with van der Waals surface area (Å²) in [6.45, 7) is 69.0. The third kappa shape index (κ3) is 18.1. The molecular weight excluding hydrogens is 1360 g/mol. The zero-order valence-electron chi connectivity index (χ0n) is 74.4. The zero-order chi connectivity index (χ0) is 82.4. The Labute approximate surface area is 682 Å². The van der Waals surface area contributed by atoms with Gasteiger partial charge in [-0.05, 0) is 553 Å². The highest BCUT2D eigenvalue weighted by Gasteiger charge is 2.19. The largest absolute Gasteiger partial charge is 0.0543 e. The summed E-state index contributed by atoms with van der Waals surface area (Å²) in [5, 5.41) is 0. The van der Waals surface area contributed by atoms with Crippen LogP contribution >= 0.6 is 0 Å². The molecule has 0 saturated carbocycles. The fraction of sp³-hybridized carbons (Fsp3) is 0.274. The molecule has 0 spiro atoms. The Hall–Kier alpha value is -10.7. The van der Waals surface area contributed by atoms with Crippen molar-refractivity contribution in [2.75, 3.05) is 0 Å². The van der Waals surface area contributed by atoms with Crippen LogP contribution in [0.5, 0.6) is 0 Å². The highest BCUT2D eigenvalue weighted by atomic mass is 14.2. The molecule has 576 valence electrons. The monoisotopic (exact) mass is 1480 g/mol. The molecule has 0 aliphatic heterocycles. The van der Waals surface area contributed by atoms with Gasteiger partial charge in [0.2, 0.25) is 0 Å². The van der Waals surface area contributed by atoms with Crippen molar-refractivity contribution in [3.05, 3.63) is 359 Å². The van der Waals surface area contributed by atoms with Crippen molar-refractivity contribution in [3.8, 4) is 89.0 Å². The molecule has 0 fully saturated rings. The van der Waals surface area contributed by atoms with Crippen LogP contribution in [-0.2, 0) is 0 Å². The van der Waals surface area contributed by atoms with E-state index in [9.17, 15) is 0 Å². The lowest BCUT2D eigenvalue weighted by atomic mass is 9.87. The van der Waals surface area contributed by atoms with Gasteiger partial charge in [-0.3, -0.25) is 0 Å². The molecule has 0 aliphatic carbocycles. The summed E-state index contributed by atoms with van der Waals surface area (Å²) in [5.74, 6) is 0. The Bertz CT molecular complexity index is 5300. The molecule has 0 radical (unpaired) electrons. The van der Waals surface area contributed by atoms with Gasteiger partial charge in [-0.15, -0.1) is 0 Å². The number of aryl methyl sites for hydroxylation is 15. The summed E-state index contributed by atoms with van der Waals surface area (Å²) in [5.41, 5.74) is 67.5. The molecule has 0 saturated heterocycles. The Balaban J connectivity index is 0.000000184. The van der Waals surface area contributed by atoms with Gasteiger partial charge in [-0.1, -0.05) is 133 Å². The van der Waals surface area contributed by atoms with E-state index in [1.165, 1.54) is 284 Å². The molecule has 0 aliphatic rings. The predicted octanol–water partition coefficient (Wildman–Crippen LogP) is 32.3. The molecule has 13 aromatic carbocycles. The molecule has 0 heteroatoms. The van der Waals surface area contributed by atoms with E-state index in [2.05, 4.69) is 403 Å². The maximum atomic E-state index is 2.41. The van der Waals surface area contributed by atoms with Crippen molar-refractivity contribution in [1.29, 1.82) is 0 Å². The molecule has 0 unspecified atom stereocenters. The molecule has 0 aromatic heterocycles. The van der Waals surface area contributed by atoms with Crippen LogP contribution in [0.25, 0.3) is 113 Å². The molecule has 0 heterocycles. The summed E-state index contributed by atoms with van der Waals surface area (Å²) < 4.78 is 0. The fourth-order valence-corrected chi connectivity index (χ4v) is 16.7. The second-order valence-electron chi connectivity index (χ2n) is 34.1. The van der Waals surface area contributed by atoms with Crippen molar-refractivity contribution < 1.29 is 0 Å². The first-order valence-electron chi connectivity index (χ1n) is 40.9. The second kappa shape index (κ2) is 34.0. The van der Waals surface area contributed by atoms with Crippen LogP contribution in [0, 0.1) is 215 Å². The van der Waals surface area contributed by atoms with Crippen LogP contribution in [-0.4, -0.2) is 0 Å². The van der Waals surface area contributed by atoms with E-state index in [1.807, 2.05) is 0 Å². The Morgan fingerprint density at radius 3 is 0.416 bits per heavy atom. The zero-order valence-corrected chi connectivity index (χ0v) is 74.4. The quantitative estimate of drug-likeness (QED) is 0.107. The summed E-state index contributed by atoms with van der Waals surface area (Å²) in [6.07, 6.45) is 9.13. The average molecular weight is 1480 g/mol. The Morgan fingerprint density at radius 1 is 0.115 bits per heavy atom. The fourth-order valence-electron chi connectivity index (χ4n) is 16.7. The second-order valence-corrected chi connectivity index (χ2v) is 34.1. The molecule has 0 nitrogen and oxygen atoms in total. The van der Waals surface area contributed by atoms with Gasteiger partial charge in [-0.25, -0.2) is 0 Å². The van der Waals surface area contributed by atoms with Gasteiger partial charge < -0.3 is 0 Å². The maximum Gasteiger partial charge on any atom is -0.0171 e. The topological polar surface area (TPSA) is 0 Å². The first kappa shape index (κ1) is 83.3. The van der Waals surface area contributed by atoms with Crippen LogP contribution < -0.4 is 0 Å². The van der Waals surface area contributed by atoms with Crippen LogP contribution in [0.15, 0.2) is 164 Å². The van der Waals surface area contributed by atoms with Gasteiger partial charge in [0.15, 0.2) is 0 Å². The summed E-state index contributed by atoms with van der Waals surface area (Å²) in [4.78, 5) is 0. The molecular formula is C113H124. The average Bonchev–Trinajstić information content (AvgIpc) is 0.781. The summed E-state index contributed by atoms with van der Waals surface area (Å²) in [7, 11) is 0. The number of hydrogen-bond acceptors (Lipinski definition) is 0. The van der Waals surface area contributed by atoms with E-state index in [-0.39, 0.29) is 0 Å². The van der Waals surface area contributed by atoms with Crippen LogP contribution in [0.3, 0.4) is 0 Å². The van der Waals surface area contributed by atoms with Crippen molar-refractivity contribution in [2.45, 2.75) is 215 Å². The van der Waals surface area contributed by atoms with Crippen molar-refractivity contribution >= 4 is 24.3 Å². The number of benzene rings is 13. The minimum absolute atomic E-state index is 1.23. The predicted molar refractivity (Wildman–Crippen MR) is 500 cm³/mol. The molecule has 0 atom stereocenters. The smallest absolute Gasteiger partial charge is 0.0171 e. The standard InChI is InChI=1S/C55H56.C33H40.C25H28/c1-31-14-44(50-25-52(46-16-32(2)40(10)33(3)17-46)29-53(26-50)47-18-34(4)41(11)35(5)19-47)24-45(15-31)51-27-54(48-20-36(6)42(12)37(7)21-48)30-55(28-51)49-22-38(8)43(13)39(9)23-49;1-19-16-30(12-14-32-26(8)22(4)20(2)23(5)27(32)9)18-31(17-19)13-15-33-28(10)24(6)21(3)25(7)29(33)11;1-15-8-22(24-10-16(2)20(6)17(3)11-24)14-23(9-15)25-12-18(4)21(7)19(5)13-25/h14-30H,1-13H3;12-18H,1-11H3;8-14H,1-7H3/b;14-12+,15-13+;. The van der Waals surface area contributed by atoms with Gasteiger partial charge in [0, 0.05) is 0 Å². The third-order valence-electron chi connectivity index (χ3n) is 26.4. The van der Waals surface area contributed by atoms with Gasteiger partial charge >= 0.3 is 0 Å². The summed E-state index contributed by atoms with van der Waals surface area (Å²) in [6, 6.07) is 63.3. The van der Waals surface area contributed by atoms with E-state index in [4.69, 9.17) is 0 Å². The van der Waals surface area contributed by atoms with Gasteiger partial charge in [0.1, 0.15) is 0 Å². The van der Waals surface area contributed by atoms with E-state index >= 15 is 0 Å². The van der Waals surface area contributed by atoms with Crippen molar-refractivity contribution in [1.82, 2.24) is 0 Å². The van der Waals surface area contributed by atoms with E-state index < -0.39 is 0 Å². The van der Waals surface area contributed by atoms with Crippen LogP contribution in [0.4, 0.5) is 0 Å². The molecule has 0 N–H and O–H groups in total. The first-order valence-corrected chi connectivity index (χ1v) is 40.9. The maximum absolute atomic E-state index is 2.41. The highest BCUT2D eigenvalue weighted by molar-refractivity contribution is 5.88. The SMILES string of the molecule is Cc1cc(-c2cc(-c3cc(C)c(C)c(C)c3)cc(-c3cc(C)c(C)c(C)c3)c2)cc(-c2cc(-c3cc(C)c(C)c(C)c3)cc(-c3cc(C)c(C)c(C)c3)c2)c1.Cc1cc(-c2cc(C)c(C)c(C)c2)cc(-c2cc(C)c(C)c(C)c2)c1.Cc1cc(/C=C/c2c(C)c(C)c(C)c(C)c2C)cc(/C=C/c2c(C)c(C)c(C)c(C)c2C)c1. The van der Waals surface area contributed by atoms with Gasteiger partial charge in [0.25, 0.3) is 0 Å². The Kier molecular flexibility index (Phi) is 25.0. The van der Waals surface area contributed by atoms with Gasteiger partial charge in [0.05, 0.1) is 0 Å². The minimum atomic E-state index is 1.23. The lowest BCUT2D eigenvalue weighted by molar-refractivity contribution is 1.16. The molecule has 0 amide bonds. The third-order valence-corrected chi connectivity index (χ3v) is 26.4.